The molecule has 3 aromatic carbocycles. The normalized spacial score (nSPS) is 10.8. The smallest absolute Gasteiger partial charge is 0.394 e. The van der Waals surface area contributed by atoms with Crippen molar-refractivity contribution in [2.45, 2.75) is 13.1 Å². The molecule has 4 rings (SSSR count). The molecule has 0 saturated carbocycles. The number of halogens is 1. The molecule has 0 saturated heterocycles. The van der Waals surface area contributed by atoms with Crippen molar-refractivity contribution in [3.05, 3.63) is 93.8 Å². The van der Waals surface area contributed by atoms with Crippen LogP contribution < -0.4 is 0 Å². The van der Waals surface area contributed by atoms with E-state index in [1.54, 1.807) is 11.3 Å². The van der Waals surface area contributed by atoms with E-state index in [2.05, 4.69) is 40.2 Å². The van der Waals surface area contributed by atoms with Crippen LogP contribution in [0.15, 0.2) is 83.3 Å². The van der Waals surface area contributed by atoms with Gasteiger partial charge >= 0.3 is 11.9 Å². The van der Waals surface area contributed by atoms with Crippen molar-refractivity contribution in [3.8, 4) is 10.4 Å². The zero-order chi connectivity index (χ0) is 21.1. The molecule has 0 aliphatic rings. The predicted molar refractivity (Wildman–Crippen MR) is 123 cm³/mol. The van der Waals surface area contributed by atoms with E-state index in [1.807, 2.05) is 54.6 Å². The first-order valence-corrected chi connectivity index (χ1v) is 11.0. The summed E-state index contributed by atoms with van der Waals surface area (Å²) < 4.78 is 0.932. The highest BCUT2D eigenvalue weighted by atomic mass is 79.9. The molecule has 1 N–H and O–H groups in total. The topological polar surface area (TPSA) is 57.6 Å². The number of aliphatic carboxylic acids is 1. The Hall–Kier alpha value is -2.96. The summed E-state index contributed by atoms with van der Waals surface area (Å²) in [5.74, 6) is -2.36. The van der Waals surface area contributed by atoms with E-state index in [0.29, 0.717) is 0 Å². The van der Waals surface area contributed by atoms with Gasteiger partial charge in [0.05, 0.1) is 6.54 Å². The van der Waals surface area contributed by atoms with Crippen LogP contribution in [0.5, 0.6) is 0 Å². The molecule has 0 bridgehead atoms. The predicted octanol–water partition coefficient (Wildman–Crippen LogP) is 5.94. The molecule has 0 radical (unpaired) electrons. The van der Waals surface area contributed by atoms with Crippen molar-refractivity contribution < 1.29 is 14.7 Å². The standard InChI is InChI=1S/C24H18BrNO3S/c25-21-13-18(15-26(23(27)24(28)29)14-16-7-2-1-3-8-16)30-22(21)20-12-6-10-17-9-4-5-11-19(17)20/h1-13H,14-15H2,(H,28,29). The summed E-state index contributed by atoms with van der Waals surface area (Å²) in [6.45, 7) is 0.471. The summed E-state index contributed by atoms with van der Waals surface area (Å²) in [4.78, 5) is 27.0. The number of benzene rings is 3. The highest BCUT2D eigenvalue weighted by Gasteiger charge is 2.23. The Balaban J connectivity index is 1.67. The minimum absolute atomic E-state index is 0.230. The van der Waals surface area contributed by atoms with Crippen molar-refractivity contribution in [2.75, 3.05) is 0 Å². The second-order valence-electron chi connectivity index (χ2n) is 6.87. The van der Waals surface area contributed by atoms with E-state index in [4.69, 9.17) is 0 Å². The maximum Gasteiger partial charge on any atom is 0.394 e. The van der Waals surface area contributed by atoms with Crippen molar-refractivity contribution in [1.29, 1.82) is 0 Å². The number of thiophene rings is 1. The monoisotopic (exact) mass is 479 g/mol. The quantitative estimate of drug-likeness (QED) is 0.360. The maximum atomic E-state index is 12.3. The van der Waals surface area contributed by atoms with Gasteiger partial charge in [-0.3, -0.25) is 4.79 Å². The first-order valence-electron chi connectivity index (χ1n) is 9.35. The molecule has 1 amide bonds. The van der Waals surface area contributed by atoms with Gasteiger partial charge in [0.2, 0.25) is 0 Å². The van der Waals surface area contributed by atoms with Gasteiger partial charge in [0.15, 0.2) is 0 Å². The van der Waals surface area contributed by atoms with Gasteiger partial charge in [0.25, 0.3) is 0 Å². The molecule has 0 fully saturated rings. The molecule has 1 heterocycles. The van der Waals surface area contributed by atoms with Crippen LogP contribution in [0.2, 0.25) is 0 Å². The third kappa shape index (κ3) is 4.30. The second-order valence-corrected chi connectivity index (χ2v) is 8.86. The van der Waals surface area contributed by atoms with Gasteiger partial charge in [0.1, 0.15) is 0 Å². The average molecular weight is 480 g/mol. The first-order chi connectivity index (χ1) is 14.5. The van der Waals surface area contributed by atoms with Crippen LogP contribution in [0.4, 0.5) is 0 Å². The average Bonchev–Trinajstić information content (AvgIpc) is 3.12. The van der Waals surface area contributed by atoms with E-state index < -0.39 is 11.9 Å². The van der Waals surface area contributed by atoms with Crippen LogP contribution >= 0.6 is 27.3 Å². The molecule has 0 aliphatic carbocycles. The van der Waals surface area contributed by atoms with Gasteiger partial charge in [-0.25, -0.2) is 4.79 Å². The lowest BCUT2D eigenvalue weighted by atomic mass is 10.0. The van der Waals surface area contributed by atoms with E-state index in [-0.39, 0.29) is 13.1 Å². The Morgan fingerprint density at radius 3 is 2.37 bits per heavy atom. The van der Waals surface area contributed by atoms with E-state index in [0.717, 1.165) is 36.1 Å². The molecular formula is C24H18BrNO3S. The molecule has 0 atom stereocenters. The SMILES string of the molecule is O=C(O)C(=O)N(Cc1ccccc1)Cc1cc(Br)c(-c2cccc3ccccc23)s1. The van der Waals surface area contributed by atoms with Crippen LogP contribution in [-0.4, -0.2) is 21.9 Å². The zero-order valence-corrected chi connectivity index (χ0v) is 18.3. The van der Waals surface area contributed by atoms with Gasteiger partial charge < -0.3 is 10.0 Å². The number of carbonyl (C=O) groups is 2. The molecule has 30 heavy (non-hydrogen) atoms. The lowest BCUT2D eigenvalue weighted by Crippen LogP contribution is -2.35. The lowest BCUT2D eigenvalue weighted by molar-refractivity contribution is -0.156. The number of carboxylic acid groups (broad SMARTS) is 1. The minimum Gasteiger partial charge on any atom is -0.474 e. The van der Waals surface area contributed by atoms with Crippen molar-refractivity contribution in [1.82, 2.24) is 4.90 Å². The maximum absolute atomic E-state index is 12.3. The molecule has 4 nitrogen and oxygen atoms in total. The van der Waals surface area contributed by atoms with E-state index >= 15 is 0 Å². The summed E-state index contributed by atoms with van der Waals surface area (Å²) in [6, 6.07) is 25.7. The number of rotatable bonds is 5. The number of hydrogen-bond donors (Lipinski definition) is 1. The highest BCUT2D eigenvalue weighted by molar-refractivity contribution is 9.10. The molecule has 4 aromatic rings. The first kappa shape index (κ1) is 20.3. The van der Waals surface area contributed by atoms with Gasteiger partial charge in [-0.15, -0.1) is 11.3 Å². The highest BCUT2D eigenvalue weighted by Crippen LogP contribution is 2.40. The van der Waals surface area contributed by atoms with E-state index in [1.165, 1.54) is 4.90 Å². The molecular weight excluding hydrogens is 462 g/mol. The van der Waals surface area contributed by atoms with Crippen LogP contribution in [-0.2, 0) is 22.7 Å². The number of carbonyl (C=O) groups excluding carboxylic acids is 1. The van der Waals surface area contributed by atoms with Crippen LogP contribution in [0.25, 0.3) is 21.2 Å². The number of fused-ring (bicyclic) bond motifs is 1. The fourth-order valence-electron chi connectivity index (χ4n) is 3.43. The number of hydrogen-bond acceptors (Lipinski definition) is 3. The van der Waals surface area contributed by atoms with Gasteiger partial charge in [0, 0.05) is 26.3 Å². The van der Waals surface area contributed by atoms with Crippen molar-refractivity contribution in [3.63, 3.8) is 0 Å². The summed E-state index contributed by atoms with van der Waals surface area (Å²) in [7, 11) is 0. The summed E-state index contributed by atoms with van der Waals surface area (Å²) in [5, 5.41) is 11.6. The van der Waals surface area contributed by atoms with Gasteiger partial charge in [-0.05, 0) is 38.3 Å². The van der Waals surface area contributed by atoms with Crippen molar-refractivity contribution in [2.24, 2.45) is 0 Å². The molecule has 150 valence electrons. The molecule has 0 aliphatic heterocycles. The van der Waals surface area contributed by atoms with Gasteiger partial charge in [-0.1, -0.05) is 72.8 Å². The molecule has 0 spiro atoms. The zero-order valence-electron chi connectivity index (χ0n) is 15.9. The van der Waals surface area contributed by atoms with Crippen LogP contribution in [0.1, 0.15) is 10.4 Å². The fraction of sp³-hybridized carbons (Fsp3) is 0.0833. The lowest BCUT2D eigenvalue weighted by Gasteiger charge is -2.20. The number of amides is 1. The number of nitrogens with zero attached hydrogens (tertiary/aromatic N) is 1. The third-order valence-electron chi connectivity index (χ3n) is 4.81. The minimum atomic E-state index is -1.45. The number of carboxylic acids is 1. The van der Waals surface area contributed by atoms with Crippen molar-refractivity contribution >= 4 is 49.9 Å². The molecule has 1 aromatic heterocycles. The third-order valence-corrected chi connectivity index (χ3v) is 6.85. The summed E-state index contributed by atoms with van der Waals surface area (Å²) in [5.41, 5.74) is 1.99. The molecule has 0 unspecified atom stereocenters. The Bertz CT molecular complexity index is 1210. The summed E-state index contributed by atoms with van der Waals surface area (Å²) in [6.07, 6.45) is 0. The summed E-state index contributed by atoms with van der Waals surface area (Å²) >= 11 is 5.21. The van der Waals surface area contributed by atoms with Crippen LogP contribution in [0.3, 0.4) is 0 Å². The largest absolute Gasteiger partial charge is 0.474 e. The fourth-order valence-corrected chi connectivity index (χ4v) is 5.42. The second kappa shape index (κ2) is 8.81. The van der Waals surface area contributed by atoms with Crippen LogP contribution in [0, 0.1) is 0 Å². The Morgan fingerprint density at radius 1 is 0.900 bits per heavy atom. The van der Waals surface area contributed by atoms with E-state index in [9.17, 15) is 14.7 Å². The molecule has 6 heteroatoms. The van der Waals surface area contributed by atoms with Gasteiger partial charge in [-0.2, -0.15) is 0 Å². The Kier molecular flexibility index (Phi) is 5.97. The Labute approximate surface area is 186 Å². The Morgan fingerprint density at radius 2 is 1.60 bits per heavy atom.